The van der Waals surface area contributed by atoms with Crippen LogP contribution in [-0.4, -0.2) is 30.6 Å². The third-order valence-corrected chi connectivity index (χ3v) is 8.37. The van der Waals surface area contributed by atoms with Crippen LogP contribution in [0.1, 0.15) is 56.9 Å². The Hall–Kier alpha value is -2.33. The first-order valence-corrected chi connectivity index (χ1v) is 12.0. The lowest BCUT2D eigenvalue weighted by Gasteiger charge is -2.41. The smallest absolute Gasteiger partial charge is 0.265 e. The highest BCUT2D eigenvalue weighted by Gasteiger charge is 2.48. The average Bonchev–Trinajstić information content (AvgIpc) is 3.18. The van der Waals surface area contributed by atoms with E-state index in [-0.39, 0.29) is 28.3 Å². The molecule has 2 N–H and O–H groups in total. The number of rotatable bonds is 4. The van der Waals surface area contributed by atoms with Crippen LogP contribution in [0.15, 0.2) is 40.4 Å². The van der Waals surface area contributed by atoms with Gasteiger partial charge < -0.3 is 5.32 Å². The molecule has 29 heavy (non-hydrogen) atoms. The fourth-order valence-corrected chi connectivity index (χ4v) is 6.68. The predicted octanol–water partition coefficient (Wildman–Crippen LogP) is 3.85. The van der Waals surface area contributed by atoms with Gasteiger partial charge in [0.2, 0.25) is 0 Å². The first kappa shape index (κ1) is 20.0. The summed E-state index contributed by atoms with van der Waals surface area (Å²) in [6, 6.07) is 8.89. The van der Waals surface area contributed by atoms with E-state index < -0.39 is 10.0 Å². The highest BCUT2D eigenvalue weighted by atomic mass is 32.2. The van der Waals surface area contributed by atoms with Crippen molar-refractivity contribution in [2.24, 2.45) is 5.92 Å². The van der Waals surface area contributed by atoms with Crippen LogP contribution in [0.3, 0.4) is 0 Å². The Morgan fingerprint density at radius 1 is 1.07 bits per heavy atom. The normalized spacial score (nSPS) is 25.7. The minimum atomic E-state index is -3.89. The van der Waals surface area contributed by atoms with E-state index in [9.17, 15) is 13.7 Å². The number of fused-ring (bicyclic) bond motifs is 1. The molecule has 2 saturated carbocycles. The molecular weight excluding hydrogens is 384 g/mol. The molecule has 2 aliphatic carbocycles. The lowest BCUT2D eigenvalue weighted by atomic mass is 9.88. The van der Waals surface area contributed by atoms with Crippen molar-refractivity contribution in [1.29, 1.82) is 10.7 Å². The summed E-state index contributed by atoms with van der Waals surface area (Å²) in [6.45, 7) is 1.91. The molecule has 2 fully saturated rings. The number of benzene rings is 1. The molecule has 1 aliphatic heterocycles. The van der Waals surface area contributed by atoms with Crippen LogP contribution in [0.2, 0.25) is 0 Å². The number of amidine groups is 1. The maximum atomic E-state index is 13.4. The molecular formula is C22H28N4O2S. The Bertz CT molecular complexity index is 969. The van der Waals surface area contributed by atoms with E-state index in [0.29, 0.717) is 12.5 Å². The molecule has 1 heterocycles. The Labute approximate surface area is 173 Å². The van der Waals surface area contributed by atoms with E-state index in [4.69, 9.17) is 5.41 Å². The molecule has 3 aliphatic rings. The van der Waals surface area contributed by atoms with Crippen molar-refractivity contribution >= 4 is 15.9 Å². The zero-order chi connectivity index (χ0) is 20.6. The summed E-state index contributed by atoms with van der Waals surface area (Å²) in [4.78, 5) is 0.180. The monoisotopic (exact) mass is 412 g/mol. The number of nitrogens with one attached hydrogen (secondary N) is 2. The summed E-state index contributed by atoms with van der Waals surface area (Å²) >= 11 is 0. The molecule has 1 aromatic rings. The van der Waals surface area contributed by atoms with E-state index in [1.165, 1.54) is 23.6 Å². The lowest BCUT2D eigenvalue weighted by molar-refractivity contribution is 0.324. The van der Waals surface area contributed by atoms with Gasteiger partial charge in [-0.2, -0.15) is 5.26 Å². The fourth-order valence-electron chi connectivity index (χ4n) is 5.03. The summed E-state index contributed by atoms with van der Waals surface area (Å²) in [5, 5.41) is 22.1. The minimum Gasteiger partial charge on any atom is -0.384 e. The molecule has 6 nitrogen and oxygen atoms in total. The van der Waals surface area contributed by atoms with Gasteiger partial charge in [-0.15, -0.1) is 0 Å². The van der Waals surface area contributed by atoms with E-state index in [1.807, 2.05) is 6.92 Å². The highest BCUT2D eigenvalue weighted by Crippen LogP contribution is 2.42. The second kappa shape index (κ2) is 7.83. The second-order valence-electron chi connectivity index (χ2n) is 8.45. The van der Waals surface area contributed by atoms with Gasteiger partial charge in [-0.05, 0) is 44.7 Å². The van der Waals surface area contributed by atoms with Crippen molar-refractivity contribution in [3.8, 4) is 6.07 Å². The van der Waals surface area contributed by atoms with Gasteiger partial charge in [0.05, 0.1) is 10.9 Å². The maximum Gasteiger partial charge on any atom is 0.265 e. The zero-order valence-corrected chi connectivity index (χ0v) is 17.6. The van der Waals surface area contributed by atoms with Gasteiger partial charge in [-0.25, -0.2) is 12.7 Å². The lowest BCUT2D eigenvalue weighted by Crippen LogP contribution is -2.53. The summed E-state index contributed by atoms with van der Waals surface area (Å²) in [6.07, 6.45) is 8.18. The third-order valence-electron chi connectivity index (χ3n) is 6.53. The topological polar surface area (TPSA) is 97.1 Å². The Morgan fingerprint density at radius 2 is 1.76 bits per heavy atom. The first-order chi connectivity index (χ1) is 13.9. The van der Waals surface area contributed by atoms with Crippen LogP contribution in [-0.2, 0) is 10.0 Å². The van der Waals surface area contributed by atoms with Gasteiger partial charge in [0, 0.05) is 17.7 Å². The standard InChI is InChI=1S/C22H28N4O2S/c1-15-10-12-17(13-11-15)29(27,28)26-20-9-5-8-18(20)21(19(14-23)22(26)24)25-16-6-3-2-4-7-16/h10-13,16,18,20,24-25H,2-9H2,1H3. The third kappa shape index (κ3) is 3.55. The van der Waals surface area contributed by atoms with Gasteiger partial charge in [-0.3, -0.25) is 5.41 Å². The number of nitriles is 1. The number of hydrogen-bond donors (Lipinski definition) is 2. The average molecular weight is 413 g/mol. The van der Waals surface area contributed by atoms with E-state index in [1.54, 1.807) is 24.3 Å². The van der Waals surface area contributed by atoms with Crippen molar-refractivity contribution in [1.82, 2.24) is 9.62 Å². The first-order valence-electron chi connectivity index (χ1n) is 10.5. The summed E-state index contributed by atoms with van der Waals surface area (Å²) in [7, 11) is -3.89. The van der Waals surface area contributed by atoms with Crippen molar-refractivity contribution in [3.63, 3.8) is 0 Å². The van der Waals surface area contributed by atoms with Crippen molar-refractivity contribution in [2.45, 2.75) is 75.3 Å². The van der Waals surface area contributed by atoms with Gasteiger partial charge >= 0.3 is 0 Å². The molecule has 0 aromatic heterocycles. The number of nitrogens with zero attached hydrogens (tertiary/aromatic N) is 2. The molecule has 154 valence electrons. The molecule has 4 rings (SSSR count). The molecule has 0 amide bonds. The summed E-state index contributed by atoms with van der Waals surface area (Å²) in [5.41, 5.74) is 1.98. The minimum absolute atomic E-state index is 0.0408. The van der Waals surface area contributed by atoms with Crippen LogP contribution in [0.25, 0.3) is 0 Å². The van der Waals surface area contributed by atoms with Crippen molar-refractivity contribution in [2.75, 3.05) is 0 Å². The molecule has 0 bridgehead atoms. The Balaban J connectivity index is 1.73. The number of sulfonamides is 1. The molecule has 2 unspecified atom stereocenters. The van der Waals surface area contributed by atoms with E-state index >= 15 is 0 Å². The van der Waals surface area contributed by atoms with Crippen LogP contribution >= 0.6 is 0 Å². The Kier molecular flexibility index (Phi) is 5.39. The highest BCUT2D eigenvalue weighted by molar-refractivity contribution is 7.89. The number of hydrogen-bond acceptors (Lipinski definition) is 5. The maximum absolute atomic E-state index is 13.4. The molecule has 0 radical (unpaired) electrons. The summed E-state index contributed by atoms with van der Waals surface area (Å²) in [5.74, 6) is -0.226. The molecule has 0 saturated heterocycles. The van der Waals surface area contributed by atoms with Gasteiger partial charge in [0.25, 0.3) is 10.0 Å². The van der Waals surface area contributed by atoms with E-state index in [2.05, 4.69) is 11.4 Å². The molecule has 7 heteroatoms. The van der Waals surface area contributed by atoms with E-state index in [0.717, 1.165) is 36.9 Å². The number of aryl methyl sites for hydroxylation is 1. The SMILES string of the molecule is Cc1ccc(S(=O)(=O)N2C(=N)C(C#N)=C(NC3CCCCC3)C3CCCC32)cc1. The summed E-state index contributed by atoms with van der Waals surface area (Å²) < 4.78 is 28.1. The quantitative estimate of drug-likeness (QED) is 0.785. The Morgan fingerprint density at radius 3 is 2.41 bits per heavy atom. The second-order valence-corrected chi connectivity index (χ2v) is 10.3. The zero-order valence-electron chi connectivity index (χ0n) is 16.8. The van der Waals surface area contributed by atoms with Crippen molar-refractivity contribution < 1.29 is 8.42 Å². The molecule has 1 aromatic carbocycles. The van der Waals surface area contributed by atoms with Crippen LogP contribution in [0.5, 0.6) is 0 Å². The van der Waals surface area contributed by atoms with Crippen molar-refractivity contribution in [3.05, 3.63) is 41.1 Å². The molecule has 0 spiro atoms. The molecule has 2 atom stereocenters. The van der Waals surface area contributed by atoms with Crippen LogP contribution in [0.4, 0.5) is 0 Å². The van der Waals surface area contributed by atoms with Gasteiger partial charge in [0.1, 0.15) is 11.6 Å². The van der Waals surface area contributed by atoms with Crippen LogP contribution < -0.4 is 5.32 Å². The van der Waals surface area contributed by atoms with Gasteiger partial charge in [-0.1, -0.05) is 43.4 Å². The fraction of sp³-hybridized carbons (Fsp3) is 0.545. The van der Waals surface area contributed by atoms with Crippen LogP contribution in [0, 0.1) is 29.6 Å². The predicted molar refractivity (Wildman–Crippen MR) is 112 cm³/mol. The van der Waals surface area contributed by atoms with Gasteiger partial charge in [0.15, 0.2) is 5.84 Å². The largest absolute Gasteiger partial charge is 0.384 e.